The molecule has 1 aliphatic rings. The Kier molecular flexibility index (Phi) is 5.11. The van der Waals surface area contributed by atoms with Crippen LogP contribution in [-0.4, -0.2) is 16.7 Å². The van der Waals surface area contributed by atoms with Gasteiger partial charge in [0.15, 0.2) is 5.78 Å². The summed E-state index contributed by atoms with van der Waals surface area (Å²) in [6, 6.07) is 20.0. The van der Waals surface area contributed by atoms with E-state index in [9.17, 15) is 9.59 Å². The molecule has 4 heteroatoms. The number of fused-ring (bicyclic) bond motifs is 1. The van der Waals surface area contributed by atoms with E-state index in [1.54, 1.807) is 0 Å². The number of ketones is 1. The highest BCUT2D eigenvalue weighted by molar-refractivity contribution is 6.04. The number of aryl methyl sites for hydroxylation is 1. The molecule has 142 valence electrons. The van der Waals surface area contributed by atoms with Gasteiger partial charge in [0.05, 0.1) is 6.04 Å². The van der Waals surface area contributed by atoms with Crippen molar-refractivity contribution in [3.63, 3.8) is 0 Å². The summed E-state index contributed by atoms with van der Waals surface area (Å²) < 4.78 is 0. The van der Waals surface area contributed by atoms with Gasteiger partial charge < -0.3 is 10.3 Å². The van der Waals surface area contributed by atoms with Crippen LogP contribution >= 0.6 is 0 Å². The van der Waals surface area contributed by atoms with E-state index in [0.29, 0.717) is 18.5 Å². The van der Waals surface area contributed by atoms with E-state index in [0.717, 1.165) is 40.8 Å². The lowest BCUT2D eigenvalue weighted by Crippen LogP contribution is -2.30. The summed E-state index contributed by atoms with van der Waals surface area (Å²) in [5, 5.41) is 3.18. The number of aromatic nitrogens is 1. The average molecular weight is 372 g/mol. The SMILES string of the molecule is Cc1c(C(=O)NC(Cc2ccccc2)c2ccccc2)[nH]c2c1C(=O)CCC2. The van der Waals surface area contributed by atoms with Gasteiger partial charge in [-0.15, -0.1) is 0 Å². The molecule has 4 rings (SSSR count). The van der Waals surface area contributed by atoms with Gasteiger partial charge in [-0.05, 0) is 42.9 Å². The zero-order chi connectivity index (χ0) is 19.5. The highest BCUT2D eigenvalue weighted by Gasteiger charge is 2.27. The number of rotatable bonds is 5. The Labute approximate surface area is 165 Å². The van der Waals surface area contributed by atoms with E-state index in [4.69, 9.17) is 0 Å². The molecule has 0 aliphatic heterocycles. The van der Waals surface area contributed by atoms with Crippen molar-refractivity contribution in [2.45, 2.75) is 38.6 Å². The van der Waals surface area contributed by atoms with Gasteiger partial charge in [-0.2, -0.15) is 0 Å². The largest absolute Gasteiger partial charge is 0.354 e. The van der Waals surface area contributed by atoms with Crippen molar-refractivity contribution in [3.8, 4) is 0 Å². The third-order valence-corrected chi connectivity index (χ3v) is 5.45. The molecule has 1 atom stereocenters. The minimum absolute atomic E-state index is 0.137. The van der Waals surface area contributed by atoms with Gasteiger partial charge in [-0.1, -0.05) is 60.7 Å². The van der Waals surface area contributed by atoms with E-state index in [1.807, 2.05) is 55.5 Å². The molecule has 0 saturated heterocycles. The predicted octanol–water partition coefficient (Wildman–Crippen LogP) is 4.56. The molecule has 0 fully saturated rings. The average Bonchev–Trinajstić information content (AvgIpc) is 3.07. The van der Waals surface area contributed by atoms with Gasteiger partial charge in [0.25, 0.3) is 5.91 Å². The summed E-state index contributed by atoms with van der Waals surface area (Å²) in [6.07, 6.45) is 2.93. The number of carbonyl (C=O) groups is 2. The molecule has 4 nitrogen and oxygen atoms in total. The molecule has 28 heavy (non-hydrogen) atoms. The van der Waals surface area contributed by atoms with Gasteiger partial charge >= 0.3 is 0 Å². The van der Waals surface area contributed by atoms with Crippen LogP contribution in [0.5, 0.6) is 0 Å². The molecule has 1 unspecified atom stereocenters. The Bertz CT molecular complexity index is 990. The minimum Gasteiger partial charge on any atom is -0.354 e. The molecule has 0 radical (unpaired) electrons. The van der Waals surface area contributed by atoms with Crippen molar-refractivity contribution in [2.24, 2.45) is 0 Å². The van der Waals surface area contributed by atoms with Crippen molar-refractivity contribution in [2.75, 3.05) is 0 Å². The molecule has 3 aromatic rings. The summed E-state index contributed by atoms with van der Waals surface area (Å²) in [7, 11) is 0. The van der Waals surface area contributed by atoms with Crippen molar-refractivity contribution >= 4 is 11.7 Å². The van der Waals surface area contributed by atoms with Crippen LogP contribution in [0.4, 0.5) is 0 Å². The van der Waals surface area contributed by atoms with Crippen LogP contribution in [-0.2, 0) is 12.8 Å². The molecule has 1 aromatic heterocycles. The summed E-state index contributed by atoms with van der Waals surface area (Å²) in [5.41, 5.74) is 5.12. The number of hydrogen-bond donors (Lipinski definition) is 2. The Morgan fingerprint density at radius 1 is 1.04 bits per heavy atom. The van der Waals surface area contributed by atoms with E-state index >= 15 is 0 Å². The highest BCUT2D eigenvalue weighted by atomic mass is 16.2. The molecule has 1 aliphatic carbocycles. The third-order valence-electron chi connectivity index (χ3n) is 5.45. The maximum Gasteiger partial charge on any atom is 0.268 e. The lowest BCUT2D eigenvalue weighted by molar-refractivity contribution is 0.0930. The molecule has 0 saturated carbocycles. The Morgan fingerprint density at radius 2 is 1.71 bits per heavy atom. The molecule has 1 heterocycles. The fraction of sp³-hybridized carbons (Fsp3) is 0.250. The number of benzene rings is 2. The van der Waals surface area contributed by atoms with Crippen LogP contribution in [0, 0.1) is 6.92 Å². The summed E-state index contributed by atoms with van der Waals surface area (Å²) >= 11 is 0. The Balaban J connectivity index is 1.62. The van der Waals surface area contributed by atoms with Crippen molar-refractivity contribution < 1.29 is 9.59 Å². The molecule has 1 amide bonds. The first-order valence-corrected chi connectivity index (χ1v) is 9.78. The van der Waals surface area contributed by atoms with Crippen LogP contribution in [0.25, 0.3) is 0 Å². The molecule has 0 bridgehead atoms. The second-order valence-corrected chi connectivity index (χ2v) is 7.38. The summed E-state index contributed by atoms with van der Waals surface area (Å²) in [4.78, 5) is 28.6. The first kappa shape index (κ1) is 18.2. The van der Waals surface area contributed by atoms with E-state index in [2.05, 4.69) is 22.4 Å². The van der Waals surface area contributed by atoms with E-state index in [-0.39, 0.29) is 17.7 Å². The van der Waals surface area contributed by atoms with Gasteiger partial charge in [0, 0.05) is 17.7 Å². The topological polar surface area (TPSA) is 62.0 Å². The smallest absolute Gasteiger partial charge is 0.268 e. The van der Waals surface area contributed by atoms with Crippen LogP contribution in [0.15, 0.2) is 60.7 Å². The van der Waals surface area contributed by atoms with Gasteiger partial charge in [-0.25, -0.2) is 0 Å². The second-order valence-electron chi connectivity index (χ2n) is 7.38. The second kappa shape index (κ2) is 7.85. The number of hydrogen-bond acceptors (Lipinski definition) is 2. The zero-order valence-electron chi connectivity index (χ0n) is 16.0. The molecular formula is C24H24N2O2. The predicted molar refractivity (Wildman–Crippen MR) is 110 cm³/mol. The van der Waals surface area contributed by atoms with Gasteiger partial charge in [-0.3, -0.25) is 9.59 Å². The molecule has 2 aromatic carbocycles. The fourth-order valence-corrected chi connectivity index (χ4v) is 4.02. The number of H-pyrrole nitrogens is 1. The number of amides is 1. The Hall–Kier alpha value is -3.14. The quantitative estimate of drug-likeness (QED) is 0.690. The van der Waals surface area contributed by atoms with Crippen molar-refractivity contribution in [3.05, 3.63) is 94.3 Å². The number of nitrogens with one attached hydrogen (secondary N) is 2. The first-order chi connectivity index (χ1) is 13.6. The lowest BCUT2D eigenvalue weighted by Gasteiger charge is -2.19. The number of Topliss-reactive ketones (excluding diaryl/α,β-unsaturated/α-hetero) is 1. The lowest BCUT2D eigenvalue weighted by atomic mass is 9.93. The van der Waals surface area contributed by atoms with Crippen LogP contribution in [0.3, 0.4) is 0 Å². The highest BCUT2D eigenvalue weighted by Crippen LogP contribution is 2.27. The third kappa shape index (κ3) is 3.63. The number of carbonyl (C=O) groups excluding carboxylic acids is 2. The summed E-state index contributed by atoms with van der Waals surface area (Å²) in [5.74, 6) is -0.0255. The fourth-order valence-electron chi connectivity index (χ4n) is 4.02. The maximum atomic E-state index is 13.1. The maximum absolute atomic E-state index is 13.1. The summed E-state index contributed by atoms with van der Waals surface area (Å²) in [6.45, 7) is 1.86. The van der Waals surface area contributed by atoms with Gasteiger partial charge in [0.2, 0.25) is 0 Å². The Morgan fingerprint density at radius 3 is 2.39 bits per heavy atom. The number of aromatic amines is 1. The van der Waals surface area contributed by atoms with E-state index < -0.39 is 0 Å². The molecule has 0 spiro atoms. The molecule has 2 N–H and O–H groups in total. The van der Waals surface area contributed by atoms with Crippen molar-refractivity contribution in [1.29, 1.82) is 0 Å². The van der Waals surface area contributed by atoms with Crippen LogP contribution in [0.2, 0.25) is 0 Å². The minimum atomic E-state index is -0.163. The monoisotopic (exact) mass is 372 g/mol. The van der Waals surface area contributed by atoms with Gasteiger partial charge in [0.1, 0.15) is 5.69 Å². The zero-order valence-corrected chi connectivity index (χ0v) is 16.0. The van der Waals surface area contributed by atoms with Crippen molar-refractivity contribution in [1.82, 2.24) is 10.3 Å². The normalized spacial score (nSPS) is 14.4. The molecular weight excluding hydrogens is 348 g/mol. The van der Waals surface area contributed by atoms with E-state index in [1.165, 1.54) is 0 Å². The van der Waals surface area contributed by atoms with Crippen LogP contribution < -0.4 is 5.32 Å². The standard InChI is InChI=1S/C24H24N2O2/c1-16-22-19(13-8-14-21(22)27)25-23(16)24(28)26-20(18-11-6-3-7-12-18)15-17-9-4-2-5-10-17/h2-7,9-12,20,25H,8,13-15H2,1H3,(H,26,28). The van der Waals surface area contributed by atoms with Crippen LogP contribution in [0.1, 0.15) is 62.1 Å². The first-order valence-electron chi connectivity index (χ1n) is 9.78.